The molecule has 1 N–H and O–H groups in total. The zero-order valence-corrected chi connectivity index (χ0v) is 11.1. The van der Waals surface area contributed by atoms with Crippen LogP contribution < -0.4 is 0 Å². The number of aryl methyl sites for hydroxylation is 2. The Labute approximate surface area is 117 Å². The lowest BCUT2D eigenvalue weighted by atomic mass is 10.1. The Hall–Kier alpha value is -2.48. The Morgan fingerprint density at radius 1 is 0.850 bits per heavy atom. The monoisotopic (exact) mass is 261 g/mol. The van der Waals surface area contributed by atoms with Gasteiger partial charge in [-0.2, -0.15) is 0 Å². The average molecular weight is 261 g/mol. The van der Waals surface area contributed by atoms with Gasteiger partial charge in [-0.3, -0.25) is 0 Å². The molecular formula is C18H15NO. The van der Waals surface area contributed by atoms with Gasteiger partial charge in [-0.25, -0.2) is 0 Å². The molecule has 0 amide bonds. The van der Waals surface area contributed by atoms with E-state index in [1.165, 1.54) is 27.4 Å². The topological polar surface area (TPSA) is 28.9 Å². The molecular weight excluding hydrogens is 246 g/mol. The largest absolute Gasteiger partial charge is 0.468 e. The molecule has 0 fully saturated rings. The van der Waals surface area contributed by atoms with Crippen molar-refractivity contribution in [1.82, 2.24) is 4.98 Å². The van der Waals surface area contributed by atoms with Crippen LogP contribution in [0.4, 0.5) is 0 Å². The van der Waals surface area contributed by atoms with Gasteiger partial charge < -0.3 is 9.40 Å². The quantitative estimate of drug-likeness (QED) is 0.569. The van der Waals surface area contributed by atoms with E-state index in [1.54, 1.807) is 0 Å². The van der Waals surface area contributed by atoms with Crippen molar-refractivity contribution in [2.24, 2.45) is 0 Å². The van der Waals surface area contributed by atoms with E-state index in [4.69, 9.17) is 4.42 Å². The number of para-hydroxylation sites is 1. The number of aromatic nitrogens is 1. The van der Waals surface area contributed by atoms with Crippen LogP contribution in [0.2, 0.25) is 0 Å². The maximum absolute atomic E-state index is 5.70. The van der Waals surface area contributed by atoms with E-state index in [0.717, 1.165) is 18.6 Å². The third-order valence-electron chi connectivity index (χ3n) is 3.80. The van der Waals surface area contributed by atoms with Gasteiger partial charge in [-0.1, -0.05) is 42.5 Å². The second kappa shape index (κ2) is 4.57. The Morgan fingerprint density at radius 2 is 1.65 bits per heavy atom. The van der Waals surface area contributed by atoms with Crippen molar-refractivity contribution < 1.29 is 4.42 Å². The van der Waals surface area contributed by atoms with E-state index < -0.39 is 0 Å². The summed E-state index contributed by atoms with van der Waals surface area (Å²) in [5.74, 6) is 1.07. The van der Waals surface area contributed by atoms with E-state index >= 15 is 0 Å². The van der Waals surface area contributed by atoms with Gasteiger partial charge in [0.25, 0.3) is 0 Å². The SMILES string of the molecule is c1ccc2[nH]c(CCc3occ4ccccc34)cc2c1. The minimum absolute atomic E-state index is 0.917. The van der Waals surface area contributed by atoms with Crippen LogP contribution in [0.5, 0.6) is 0 Å². The molecule has 0 bridgehead atoms. The number of fused-ring (bicyclic) bond motifs is 2. The van der Waals surface area contributed by atoms with Gasteiger partial charge in [0.15, 0.2) is 0 Å². The van der Waals surface area contributed by atoms with E-state index in [9.17, 15) is 0 Å². The molecule has 0 saturated heterocycles. The van der Waals surface area contributed by atoms with Crippen molar-refractivity contribution in [3.05, 3.63) is 72.3 Å². The number of nitrogens with one attached hydrogen (secondary N) is 1. The molecule has 0 saturated carbocycles. The summed E-state index contributed by atoms with van der Waals surface area (Å²) in [6, 6.07) is 18.9. The Morgan fingerprint density at radius 3 is 2.55 bits per heavy atom. The molecule has 4 aromatic rings. The fourth-order valence-corrected chi connectivity index (χ4v) is 2.76. The van der Waals surface area contributed by atoms with E-state index in [-0.39, 0.29) is 0 Å². The molecule has 2 heterocycles. The summed E-state index contributed by atoms with van der Waals surface area (Å²) in [5.41, 5.74) is 2.46. The van der Waals surface area contributed by atoms with Crippen molar-refractivity contribution in [2.75, 3.05) is 0 Å². The van der Waals surface area contributed by atoms with Gasteiger partial charge in [-0.15, -0.1) is 0 Å². The number of H-pyrrole nitrogens is 1. The third-order valence-corrected chi connectivity index (χ3v) is 3.80. The van der Waals surface area contributed by atoms with Crippen LogP contribution in [0.3, 0.4) is 0 Å². The molecule has 2 heteroatoms. The van der Waals surface area contributed by atoms with Crippen molar-refractivity contribution in [1.29, 1.82) is 0 Å². The molecule has 0 aliphatic heterocycles. The number of benzene rings is 2. The summed E-state index contributed by atoms with van der Waals surface area (Å²) < 4.78 is 5.70. The summed E-state index contributed by atoms with van der Waals surface area (Å²) in [7, 11) is 0. The zero-order chi connectivity index (χ0) is 13.4. The van der Waals surface area contributed by atoms with Crippen LogP contribution in [-0.4, -0.2) is 4.98 Å². The lowest BCUT2D eigenvalue weighted by Crippen LogP contribution is -1.90. The number of hydrogen-bond acceptors (Lipinski definition) is 1. The van der Waals surface area contributed by atoms with Gasteiger partial charge >= 0.3 is 0 Å². The number of aromatic amines is 1. The van der Waals surface area contributed by atoms with Crippen LogP contribution >= 0.6 is 0 Å². The summed E-state index contributed by atoms with van der Waals surface area (Å²) in [4.78, 5) is 3.46. The summed E-state index contributed by atoms with van der Waals surface area (Å²) in [6.07, 6.45) is 3.72. The lowest BCUT2D eigenvalue weighted by molar-refractivity contribution is 0.513. The fraction of sp³-hybridized carbons (Fsp3) is 0.111. The van der Waals surface area contributed by atoms with Crippen molar-refractivity contribution >= 4 is 21.7 Å². The van der Waals surface area contributed by atoms with Gasteiger partial charge in [0.1, 0.15) is 5.76 Å². The molecule has 98 valence electrons. The van der Waals surface area contributed by atoms with Crippen LogP contribution in [0.1, 0.15) is 11.5 Å². The second-order valence-electron chi connectivity index (χ2n) is 5.13. The lowest BCUT2D eigenvalue weighted by Gasteiger charge is -1.97. The summed E-state index contributed by atoms with van der Waals surface area (Å²) >= 11 is 0. The first-order chi connectivity index (χ1) is 9.90. The molecule has 0 atom stereocenters. The summed E-state index contributed by atoms with van der Waals surface area (Å²) in [6.45, 7) is 0. The van der Waals surface area contributed by atoms with E-state index in [0.29, 0.717) is 0 Å². The minimum Gasteiger partial charge on any atom is -0.468 e. The molecule has 2 nitrogen and oxygen atoms in total. The van der Waals surface area contributed by atoms with Crippen molar-refractivity contribution in [3.63, 3.8) is 0 Å². The van der Waals surface area contributed by atoms with Crippen LogP contribution in [0, 0.1) is 0 Å². The fourth-order valence-electron chi connectivity index (χ4n) is 2.76. The predicted molar refractivity (Wildman–Crippen MR) is 81.9 cm³/mol. The second-order valence-corrected chi connectivity index (χ2v) is 5.13. The Kier molecular flexibility index (Phi) is 2.59. The first-order valence-corrected chi connectivity index (χ1v) is 6.92. The number of rotatable bonds is 3. The van der Waals surface area contributed by atoms with Gasteiger partial charge in [0, 0.05) is 28.4 Å². The molecule has 0 aliphatic rings. The molecule has 0 aliphatic carbocycles. The first kappa shape index (κ1) is 11.4. The highest BCUT2D eigenvalue weighted by Crippen LogP contribution is 2.23. The van der Waals surface area contributed by atoms with Crippen LogP contribution in [0.25, 0.3) is 21.7 Å². The summed E-state index contributed by atoms with van der Waals surface area (Å²) in [5, 5.41) is 3.68. The third kappa shape index (κ3) is 1.90. The molecule has 0 unspecified atom stereocenters. The zero-order valence-electron chi connectivity index (χ0n) is 11.1. The van der Waals surface area contributed by atoms with Gasteiger partial charge in [0.2, 0.25) is 0 Å². The smallest absolute Gasteiger partial charge is 0.111 e. The highest BCUT2D eigenvalue weighted by Gasteiger charge is 2.07. The normalized spacial score (nSPS) is 11.4. The standard InChI is InChI=1S/C18H15NO/c1-3-7-16-14(6-1)12-20-18(16)10-9-15-11-13-5-2-4-8-17(13)19-15/h1-8,11-12,19H,9-10H2. The highest BCUT2D eigenvalue weighted by molar-refractivity contribution is 5.84. The molecule has 2 aromatic carbocycles. The maximum atomic E-state index is 5.70. The Balaban J connectivity index is 1.60. The van der Waals surface area contributed by atoms with E-state index in [1.807, 2.05) is 12.3 Å². The van der Waals surface area contributed by atoms with Crippen molar-refractivity contribution in [3.8, 4) is 0 Å². The highest BCUT2D eigenvalue weighted by atomic mass is 16.3. The molecule has 20 heavy (non-hydrogen) atoms. The van der Waals surface area contributed by atoms with Crippen molar-refractivity contribution in [2.45, 2.75) is 12.8 Å². The van der Waals surface area contributed by atoms with Gasteiger partial charge in [-0.05, 0) is 23.9 Å². The molecule has 0 radical (unpaired) electrons. The van der Waals surface area contributed by atoms with Gasteiger partial charge in [0.05, 0.1) is 6.26 Å². The molecule has 4 rings (SSSR count). The molecule has 0 spiro atoms. The van der Waals surface area contributed by atoms with E-state index in [2.05, 4.69) is 53.5 Å². The number of furan rings is 1. The molecule has 2 aromatic heterocycles. The predicted octanol–water partition coefficient (Wildman–Crippen LogP) is 4.70. The Bertz CT molecular complexity index is 836. The first-order valence-electron chi connectivity index (χ1n) is 6.92. The minimum atomic E-state index is 0.917. The van der Waals surface area contributed by atoms with Crippen LogP contribution in [-0.2, 0) is 12.8 Å². The van der Waals surface area contributed by atoms with Crippen LogP contribution in [0.15, 0.2) is 65.3 Å². The average Bonchev–Trinajstić information content (AvgIpc) is 3.08. The maximum Gasteiger partial charge on any atom is 0.111 e. The number of hydrogen-bond donors (Lipinski definition) is 1.